The van der Waals surface area contributed by atoms with E-state index in [1.807, 2.05) is 24.3 Å². The van der Waals surface area contributed by atoms with E-state index in [9.17, 15) is 4.79 Å². The van der Waals surface area contributed by atoms with Gasteiger partial charge in [-0.2, -0.15) is 0 Å². The highest BCUT2D eigenvalue weighted by Gasteiger charge is 2.21. The Bertz CT molecular complexity index is 820. The summed E-state index contributed by atoms with van der Waals surface area (Å²) in [6.45, 7) is 5.71. The van der Waals surface area contributed by atoms with Gasteiger partial charge in [0, 0.05) is 25.7 Å². The Balaban J connectivity index is 1.44. The van der Waals surface area contributed by atoms with E-state index < -0.39 is 0 Å². The topological polar surface area (TPSA) is 53.6 Å². The number of likely N-dealkylation sites (tertiary alicyclic amines) is 1. The Hall–Kier alpha value is -2.44. The van der Waals surface area contributed by atoms with Crippen molar-refractivity contribution in [3.8, 4) is 5.75 Å². The lowest BCUT2D eigenvalue weighted by atomic mass is 10.0. The first kappa shape index (κ1) is 22.2. The predicted octanol–water partition coefficient (Wildman–Crippen LogP) is 4.13. The number of carbonyl (C=O) groups excluding carboxylic acids is 1. The van der Waals surface area contributed by atoms with Crippen LogP contribution in [0.3, 0.4) is 0 Å². The van der Waals surface area contributed by atoms with Gasteiger partial charge in [0.05, 0.1) is 12.2 Å². The molecular formula is C24H31N3O2S. The molecule has 0 unspecified atom stereocenters. The predicted molar refractivity (Wildman–Crippen MR) is 125 cm³/mol. The molecule has 1 amide bonds. The third-order valence-electron chi connectivity index (χ3n) is 5.29. The number of benzene rings is 2. The number of carbonyl (C=O) groups is 1. The standard InChI is InChI=1S/C24H31N3O2S/c1-2-3-17-29-22-12-8-7-11-21(22)23(28)26-24(30)25-20-13-15-27(16-14-20)18-19-9-5-4-6-10-19/h4-12,20H,2-3,13-18H2,1H3,(H2,25,26,28,30). The van der Waals surface area contributed by atoms with E-state index in [1.165, 1.54) is 5.56 Å². The number of piperidine rings is 1. The zero-order valence-corrected chi connectivity index (χ0v) is 18.4. The third-order valence-corrected chi connectivity index (χ3v) is 5.51. The first-order valence-corrected chi connectivity index (χ1v) is 11.2. The van der Waals surface area contributed by atoms with Crippen molar-refractivity contribution in [1.82, 2.24) is 15.5 Å². The first-order valence-electron chi connectivity index (χ1n) is 10.8. The van der Waals surface area contributed by atoms with Crippen LogP contribution in [0.4, 0.5) is 0 Å². The minimum absolute atomic E-state index is 0.235. The van der Waals surface area contributed by atoms with Crippen LogP contribution in [0.2, 0.25) is 0 Å². The van der Waals surface area contributed by atoms with Crippen LogP contribution in [0.1, 0.15) is 48.5 Å². The van der Waals surface area contributed by atoms with Gasteiger partial charge in [-0.25, -0.2) is 0 Å². The maximum absolute atomic E-state index is 12.7. The smallest absolute Gasteiger partial charge is 0.261 e. The Kier molecular flexibility index (Phi) is 8.66. The normalized spacial score (nSPS) is 14.8. The molecular weight excluding hydrogens is 394 g/mol. The molecule has 30 heavy (non-hydrogen) atoms. The molecule has 5 nitrogen and oxygen atoms in total. The molecule has 3 rings (SSSR count). The van der Waals surface area contributed by atoms with Crippen molar-refractivity contribution in [2.75, 3.05) is 19.7 Å². The summed E-state index contributed by atoms with van der Waals surface area (Å²) in [6, 6.07) is 18.1. The number of amides is 1. The van der Waals surface area contributed by atoms with E-state index in [0.29, 0.717) is 23.0 Å². The first-order chi connectivity index (χ1) is 14.7. The Labute approximate surface area is 184 Å². The van der Waals surface area contributed by atoms with Crippen molar-refractivity contribution < 1.29 is 9.53 Å². The fourth-order valence-electron chi connectivity index (χ4n) is 3.58. The van der Waals surface area contributed by atoms with Crippen LogP contribution in [0.5, 0.6) is 5.75 Å². The van der Waals surface area contributed by atoms with Crippen LogP contribution in [-0.4, -0.2) is 41.7 Å². The quantitative estimate of drug-likeness (QED) is 0.492. The average Bonchev–Trinajstić information content (AvgIpc) is 2.76. The summed E-state index contributed by atoms with van der Waals surface area (Å²) < 4.78 is 5.76. The van der Waals surface area contributed by atoms with Gasteiger partial charge >= 0.3 is 0 Å². The van der Waals surface area contributed by atoms with Crippen molar-refractivity contribution in [1.29, 1.82) is 0 Å². The van der Waals surface area contributed by atoms with E-state index in [0.717, 1.165) is 45.3 Å². The van der Waals surface area contributed by atoms with Crippen molar-refractivity contribution in [3.63, 3.8) is 0 Å². The third kappa shape index (κ3) is 6.82. The number of hydrogen-bond acceptors (Lipinski definition) is 4. The molecule has 0 radical (unpaired) electrons. The van der Waals surface area contributed by atoms with Crippen molar-refractivity contribution in [3.05, 3.63) is 65.7 Å². The zero-order chi connectivity index (χ0) is 21.2. The molecule has 2 N–H and O–H groups in total. The maximum Gasteiger partial charge on any atom is 0.261 e. The van der Waals surface area contributed by atoms with Gasteiger partial charge < -0.3 is 10.1 Å². The Morgan fingerprint density at radius 1 is 1.10 bits per heavy atom. The Morgan fingerprint density at radius 3 is 2.53 bits per heavy atom. The number of thiocarbonyl (C=S) groups is 1. The van der Waals surface area contributed by atoms with E-state index in [1.54, 1.807) is 6.07 Å². The summed E-state index contributed by atoms with van der Waals surface area (Å²) in [5.74, 6) is 0.363. The summed E-state index contributed by atoms with van der Waals surface area (Å²) in [5.41, 5.74) is 1.85. The second-order valence-electron chi connectivity index (χ2n) is 7.66. The van der Waals surface area contributed by atoms with E-state index >= 15 is 0 Å². The number of nitrogens with zero attached hydrogens (tertiary/aromatic N) is 1. The minimum atomic E-state index is -0.235. The SMILES string of the molecule is CCCCOc1ccccc1C(=O)NC(=S)NC1CCN(Cc2ccccc2)CC1. The Morgan fingerprint density at radius 2 is 1.80 bits per heavy atom. The second kappa shape index (κ2) is 11.7. The number of hydrogen-bond donors (Lipinski definition) is 2. The van der Waals surface area contributed by atoms with E-state index in [2.05, 4.69) is 46.7 Å². The summed E-state index contributed by atoms with van der Waals surface area (Å²) in [6.07, 6.45) is 4.00. The van der Waals surface area contributed by atoms with Crippen LogP contribution in [0.25, 0.3) is 0 Å². The summed E-state index contributed by atoms with van der Waals surface area (Å²) >= 11 is 5.40. The number of nitrogens with one attached hydrogen (secondary N) is 2. The van der Waals surface area contributed by atoms with E-state index in [-0.39, 0.29) is 11.9 Å². The molecule has 2 aromatic rings. The van der Waals surface area contributed by atoms with Crippen molar-refractivity contribution >= 4 is 23.2 Å². The highest BCUT2D eigenvalue weighted by molar-refractivity contribution is 7.80. The van der Waals surface area contributed by atoms with Gasteiger partial charge in [0.15, 0.2) is 5.11 Å². The molecule has 1 aliphatic heterocycles. The molecule has 0 aliphatic carbocycles. The highest BCUT2D eigenvalue weighted by atomic mass is 32.1. The molecule has 1 fully saturated rings. The maximum atomic E-state index is 12.7. The molecule has 160 valence electrons. The van der Waals surface area contributed by atoms with Crippen molar-refractivity contribution in [2.24, 2.45) is 0 Å². The molecule has 0 saturated carbocycles. The number of para-hydroxylation sites is 1. The molecule has 6 heteroatoms. The van der Waals surface area contributed by atoms with Crippen LogP contribution >= 0.6 is 12.2 Å². The van der Waals surface area contributed by atoms with Gasteiger partial charge in [-0.1, -0.05) is 55.8 Å². The average molecular weight is 426 g/mol. The molecule has 0 bridgehead atoms. The van der Waals surface area contributed by atoms with Gasteiger partial charge in [-0.3, -0.25) is 15.0 Å². The molecule has 2 aromatic carbocycles. The van der Waals surface area contributed by atoms with Gasteiger partial charge in [0.2, 0.25) is 0 Å². The van der Waals surface area contributed by atoms with Gasteiger partial charge in [0.1, 0.15) is 5.75 Å². The van der Waals surface area contributed by atoms with Crippen LogP contribution in [-0.2, 0) is 6.54 Å². The van der Waals surface area contributed by atoms with Gasteiger partial charge in [-0.15, -0.1) is 0 Å². The number of unbranched alkanes of at least 4 members (excludes halogenated alkanes) is 1. The zero-order valence-electron chi connectivity index (χ0n) is 17.6. The lowest BCUT2D eigenvalue weighted by molar-refractivity contribution is 0.0972. The molecule has 0 spiro atoms. The largest absolute Gasteiger partial charge is 0.493 e. The molecule has 0 aromatic heterocycles. The van der Waals surface area contributed by atoms with Gasteiger partial charge in [0.25, 0.3) is 5.91 Å². The number of ether oxygens (including phenoxy) is 1. The fraction of sp³-hybridized carbons (Fsp3) is 0.417. The van der Waals surface area contributed by atoms with Gasteiger partial charge in [-0.05, 0) is 49.2 Å². The van der Waals surface area contributed by atoms with Crippen LogP contribution in [0, 0.1) is 0 Å². The molecule has 1 aliphatic rings. The lowest BCUT2D eigenvalue weighted by Gasteiger charge is -2.32. The van der Waals surface area contributed by atoms with Crippen LogP contribution < -0.4 is 15.4 Å². The van der Waals surface area contributed by atoms with Crippen LogP contribution in [0.15, 0.2) is 54.6 Å². The molecule has 0 atom stereocenters. The summed E-state index contributed by atoms with van der Waals surface area (Å²) in [7, 11) is 0. The summed E-state index contributed by atoms with van der Waals surface area (Å²) in [4.78, 5) is 15.1. The molecule has 1 heterocycles. The summed E-state index contributed by atoms with van der Waals surface area (Å²) in [5, 5.41) is 6.50. The lowest BCUT2D eigenvalue weighted by Crippen LogP contribution is -2.48. The van der Waals surface area contributed by atoms with Crippen molar-refractivity contribution in [2.45, 2.75) is 45.2 Å². The highest BCUT2D eigenvalue weighted by Crippen LogP contribution is 2.18. The van der Waals surface area contributed by atoms with E-state index in [4.69, 9.17) is 17.0 Å². The monoisotopic (exact) mass is 425 g/mol. The minimum Gasteiger partial charge on any atom is -0.493 e. The number of rotatable bonds is 8. The fourth-order valence-corrected chi connectivity index (χ4v) is 3.83. The molecule has 1 saturated heterocycles. The second-order valence-corrected chi connectivity index (χ2v) is 8.07.